The lowest BCUT2D eigenvalue weighted by molar-refractivity contribution is 0.111. The molecule has 0 aliphatic carbocycles. The number of aromatic amines is 1. The summed E-state index contributed by atoms with van der Waals surface area (Å²) in [6, 6.07) is 11.6. The Hall–Kier alpha value is -3.61. The van der Waals surface area contributed by atoms with Crippen molar-refractivity contribution in [1.82, 2.24) is 15.0 Å². The first-order chi connectivity index (χ1) is 16.5. The van der Waals surface area contributed by atoms with E-state index in [1.165, 1.54) is 7.05 Å². The fourth-order valence-corrected chi connectivity index (χ4v) is 2.08. The van der Waals surface area contributed by atoms with Gasteiger partial charge in [0.05, 0.1) is 11.4 Å². The van der Waals surface area contributed by atoms with Crippen LogP contribution in [0.15, 0.2) is 86.8 Å². The molecular weight excluding hydrogens is 424 g/mol. The minimum Gasteiger partial charge on any atom is -0.397 e. The number of aliphatic hydroxyl groups is 1. The number of carbonyl (C=O) groups is 1. The molecule has 6 heteroatoms. The maximum absolute atomic E-state index is 10.8. The van der Waals surface area contributed by atoms with Gasteiger partial charge in [0.2, 0.25) is 0 Å². The van der Waals surface area contributed by atoms with E-state index in [0.717, 1.165) is 28.7 Å². The van der Waals surface area contributed by atoms with Crippen molar-refractivity contribution in [2.45, 2.75) is 34.6 Å². The third kappa shape index (κ3) is 15.2. The third-order valence-corrected chi connectivity index (χ3v) is 3.28. The van der Waals surface area contributed by atoms with Crippen LogP contribution in [0, 0.1) is 6.92 Å². The zero-order chi connectivity index (χ0) is 26.8. The smallest absolute Gasteiger partial charge is 0.166 e. The second-order valence-corrected chi connectivity index (χ2v) is 5.75. The van der Waals surface area contributed by atoms with E-state index in [0.29, 0.717) is 11.5 Å². The zero-order valence-corrected chi connectivity index (χ0v) is 21.6. The summed E-state index contributed by atoms with van der Waals surface area (Å²) in [6.07, 6.45) is 9.41. The van der Waals surface area contributed by atoms with Crippen molar-refractivity contribution >= 4 is 6.29 Å². The average molecular weight is 467 g/mol. The molecule has 0 saturated heterocycles. The largest absolute Gasteiger partial charge is 0.397 e. The monoisotopic (exact) mass is 466 g/mol. The molecule has 3 aromatic rings. The number of aryl methyl sites for hydroxylation is 1. The maximum atomic E-state index is 10.8. The van der Waals surface area contributed by atoms with Crippen molar-refractivity contribution in [2.24, 2.45) is 5.73 Å². The molecule has 3 rings (SSSR count). The second-order valence-electron chi connectivity index (χ2n) is 5.75. The van der Waals surface area contributed by atoms with Crippen molar-refractivity contribution in [1.29, 1.82) is 0 Å². The van der Waals surface area contributed by atoms with Crippen LogP contribution < -0.4 is 5.73 Å². The van der Waals surface area contributed by atoms with Crippen molar-refractivity contribution in [2.75, 3.05) is 13.7 Å². The Morgan fingerprint density at radius 2 is 1.56 bits per heavy atom. The van der Waals surface area contributed by atoms with Crippen LogP contribution in [0.2, 0.25) is 0 Å². The first-order valence-electron chi connectivity index (χ1n) is 11.0. The van der Waals surface area contributed by atoms with Gasteiger partial charge in [0.1, 0.15) is 0 Å². The molecule has 2 aromatic heterocycles. The predicted octanol–water partition coefficient (Wildman–Crippen LogP) is 6.41. The number of hydrogen-bond donors (Lipinski definition) is 3. The minimum atomic E-state index is 0.250. The van der Waals surface area contributed by atoms with Crippen LogP contribution in [0.4, 0.5) is 0 Å². The van der Waals surface area contributed by atoms with Crippen LogP contribution in [0.1, 0.15) is 43.7 Å². The molecule has 0 aliphatic rings. The van der Waals surface area contributed by atoms with E-state index in [-0.39, 0.29) is 6.61 Å². The van der Waals surface area contributed by atoms with E-state index >= 15 is 0 Å². The Morgan fingerprint density at radius 3 is 1.97 bits per heavy atom. The van der Waals surface area contributed by atoms with E-state index in [1.54, 1.807) is 43.6 Å². The Balaban J connectivity index is -0.000000578. The van der Waals surface area contributed by atoms with E-state index in [2.05, 4.69) is 40.4 Å². The van der Waals surface area contributed by atoms with Gasteiger partial charge in [-0.05, 0) is 39.4 Å². The van der Waals surface area contributed by atoms with Gasteiger partial charge in [0, 0.05) is 30.1 Å². The highest BCUT2D eigenvalue weighted by Gasteiger charge is 2.09. The molecule has 4 N–H and O–H groups in total. The molecule has 0 bridgehead atoms. The van der Waals surface area contributed by atoms with Crippen LogP contribution in [0.5, 0.6) is 0 Å². The number of rotatable bonds is 4. The molecule has 34 heavy (non-hydrogen) atoms. The Kier molecular flexibility index (Phi) is 26.4. The fraction of sp³-hybridized carbons (Fsp3) is 0.250. The number of nitrogens with one attached hydrogen (secondary N) is 1. The molecule has 2 heterocycles. The quantitative estimate of drug-likeness (QED) is 0.234. The number of hydrogen-bond acceptors (Lipinski definition) is 5. The Labute approximate surface area is 206 Å². The predicted molar refractivity (Wildman–Crippen MR) is 148 cm³/mol. The van der Waals surface area contributed by atoms with Crippen LogP contribution in [0.25, 0.3) is 22.6 Å². The first kappa shape index (κ1) is 35.0. The van der Waals surface area contributed by atoms with Crippen molar-refractivity contribution < 1.29 is 9.90 Å². The molecular formula is C28H42N4O2. The lowest BCUT2D eigenvalue weighted by Gasteiger charge is -2.05. The van der Waals surface area contributed by atoms with Gasteiger partial charge in [-0.1, -0.05) is 75.6 Å². The van der Waals surface area contributed by atoms with Crippen molar-refractivity contribution in [3.63, 3.8) is 0 Å². The molecule has 186 valence electrons. The highest BCUT2D eigenvalue weighted by atomic mass is 16.2. The van der Waals surface area contributed by atoms with E-state index in [4.69, 9.17) is 5.11 Å². The fourth-order valence-electron chi connectivity index (χ4n) is 2.08. The Morgan fingerprint density at radius 1 is 1.06 bits per heavy atom. The number of aldehydes is 1. The lowest BCUT2D eigenvalue weighted by atomic mass is 10.1. The summed E-state index contributed by atoms with van der Waals surface area (Å²) < 4.78 is 0. The molecule has 1 aromatic carbocycles. The minimum absolute atomic E-state index is 0.250. The van der Waals surface area contributed by atoms with Crippen molar-refractivity contribution in [3.8, 4) is 22.6 Å². The molecule has 0 aliphatic heterocycles. The number of carbonyl (C=O) groups excluding carboxylic acids is 1. The van der Waals surface area contributed by atoms with Crippen LogP contribution in [-0.2, 0) is 0 Å². The number of allylic oxidation sites excluding steroid dienone is 3. The van der Waals surface area contributed by atoms with E-state index in [9.17, 15) is 4.79 Å². The summed E-state index contributed by atoms with van der Waals surface area (Å²) >= 11 is 0. The van der Waals surface area contributed by atoms with Gasteiger partial charge in [0.15, 0.2) is 12.1 Å². The summed E-state index contributed by atoms with van der Waals surface area (Å²) in [4.78, 5) is 22.7. The summed E-state index contributed by atoms with van der Waals surface area (Å²) in [7, 11) is 1.50. The van der Waals surface area contributed by atoms with Gasteiger partial charge >= 0.3 is 0 Å². The molecule has 0 unspecified atom stereocenters. The van der Waals surface area contributed by atoms with Gasteiger partial charge in [0.25, 0.3) is 0 Å². The number of aromatic nitrogens is 3. The molecule has 6 nitrogen and oxygen atoms in total. The van der Waals surface area contributed by atoms with Gasteiger partial charge in [-0.15, -0.1) is 6.58 Å². The van der Waals surface area contributed by atoms with Gasteiger partial charge in [-0.3, -0.25) is 4.79 Å². The summed E-state index contributed by atoms with van der Waals surface area (Å²) in [5.74, 6) is 0.681. The zero-order valence-electron chi connectivity index (χ0n) is 21.6. The molecule has 0 saturated carbocycles. The number of aliphatic hydroxyl groups excluding tert-OH is 1. The molecule has 0 fully saturated rings. The van der Waals surface area contributed by atoms with Crippen LogP contribution >= 0.6 is 0 Å². The maximum Gasteiger partial charge on any atom is 0.166 e. The summed E-state index contributed by atoms with van der Waals surface area (Å²) in [5.41, 5.74) is 8.72. The van der Waals surface area contributed by atoms with Crippen LogP contribution in [0.3, 0.4) is 0 Å². The summed E-state index contributed by atoms with van der Waals surface area (Å²) in [5, 5.41) is 7.57. The number of benzene rings is 1. The van der Waals surface area contributed by atoms with E-state index < -0.39 is 0 Å². The number of nitrogens with two attached hydrogens (primary N) is 1. The highest BCUT2D eigenvalue weighted by molar-refractivity contribution is 5.77. The molecule has 0 amide bonds. The average Bonchev–Trinajstić information content (AvgIpc) is 3.38. The Bertz CT molecular complexity index is 898. The SMILES string of the molecule is C=CC.C=CC=C.CC.CCO.CN.Cc1cnc(-c2ccccc2)nc1-c1c[nH]c(C=O)c1. The molecule has 0 radical (unpaired) electrons. The normalized spacial score (nSPS) is 8.00. The van der Waals surface area contributed by atoms with E-state index in [1.807, 2.05) is 58.0 Å². The van der Waals surface area contributed by atoms with Gasteiger partial charge in [-0.25, -0.2) is 9.97 Å². The molecule has 0 atom stereocenters. The highest BCUT2D eigenvalue weighted by Crippen LogP contribution is 2.24. The molecule has 0 spiro atoms. The first-order valence-corrected chi connectivity index (χ1v) is 11.0. The third-order valence-electron chi connectivity index (χ3n) is 3.28. The number of nitrogens with zero attached hydrogens (tertiary/aromatic N) is 2. The van der Waals surface area contributed by atoms with Crippen LogP contribution in [-0.4, -0.2) is 40.0 Å². The topological polar surface area (TPSA) is 105 Å². The second kappa shape index (κ2) is 25.6. The standard InChI is InChI=1S/C16H13N3O.C4H6.C3H6.C2H6O.C2H6.CH5N/c1-11-8-18-16(12-5-3-2-4-6-12)19-15(11)13-7-14(10-20)17-9-13;1-3-4-2;1-3-2;1-2-3;2*1-2/h2-10,17H,1H3;3-4H,1-2H2;3H,1H2,2H3;3H,2H2,1H3;1-2H3;2H2,1H3. The lowest BCUT2D eigenvalue weighted by Crippen LogP contribution is -1.94. The van der Waals surface area contributed by atoms with Gasteiger partial charge in [-0.2, -0.15) is 0 Å². The summed E-state index contributed by atoms with van der Waals surface area (Å²) in [6.45, 7) is 19.9. The van der Waals surface area contributed by atoms with Crippen molar-refractivity contribution in [3.05, 3.63) is 98.0 Å². The number of H-pyrrole nitrogens is 1. The van der Waals surface area contributed by atoms with Gasteiger partial charge < -0.3 is 15.8 Å².